The van der Waals surface area contributed by atoms with Crippen LogP contribution in [0.2, 0.25) is 0 Å². The first-order valence-corrected chi connectivity index (χ1v) is 24.4. The largest absolute Gasteiger partial charge is 0.359 e. The quantitative estimate of drug-likeness (QED) is 0.152. The molecule has 11 aromatic carbocycles. The van der Waals surface area contributed by atoms with Crippen molar-refractivity contribution in [1.29, 1.82) is 0 Å². The highest BCUT2D eigenvalue weighted by Gasteiger charge is 2.31. The van der Waals surface area contributed by atoms with E-state index in [9.17, 15) is 0 Å². The van der Waals surface area contributed by atoms with Gasteiger partial charge in [-0.15, -0.1) is 0 Å². The molecular weight excluding hydrogens is 863 g/mol. The molecule has 336 valence electrons. The fourth-order valence-electron chi connectivity index (χ4n) is 10.6. The summed E-state index contributed by atoms with van der Waals surface area (Å²) in [6.07, 6.45) is -0.214. The minimum absolute atomic E-state index is 0.0204. The van der Waals surface area contributed by atoms with Crippen LogP contribution >= 0.6 is 0 Å². The van der Waals surface area contributed by atoms with Crippen LogP contribution in [0, 0.1) is 0 Å². The molecule has 5 heteroatoms. The maximum Gasteiger partial charge on any atom is 0.235 e. The third kappa shape index (κ3) is 7.85. The Morgan fingerprint density at radius 3 is 1.38 bits per heavy atom. The lowest BCUT2D eigenvalue weighted by Crippen LogP contribution is -2.90. The van der Waals surface area contributed by atoms with E-state index in [0.29, 0.717) is 0 Å². The normalized spacial score (nSPS) is 15.2. The van der Waals surface area contributed by atoms with Gasteiger partial charge in [-0.05, 0) is 108 Å². The van der Waals surface area contributed by atoms with E-state index in [-0.39, 0.29) is 12.3 Å². The molecule has 5 nitrogen and oxygen atoms in total. The predicted octanol–water partition coefficient (Wildman–Crippen LogP) is 15.4. The van der Waals surface area contributed by atoms with E-state index in [1.54, 1.807) is 0 Å². The standard InChI is InChI=1S/C66H47N5/c1-4-16-44(17-5-1)45-28-34-49(35-29-45)64-68-63(48-18-6-2-7-19-48)69-65(70-64)50-36-30-46(31-37-50)53-40-42-59(57-24-12-10-22-55(53)57)60-43-41-54(56-23-11-13-25-58(56)60)47-32-38-51(39-33-47)66-67-61-26-14-15-27-62(61)71(66)52-20-8-3-9-21-52/h1-43,65-67H,(H,68,69,70)/p+1. The lowest BCUT2D eigenvalue weighted by molar-refractivity contribution is -0.586. The van der Waals surface area contributed by atoms with E-state index in [1.807, 2.05) is 18.2 Å². The Morgan fingerprint density at radius 2 is 0.789 bits per heavy atom. The third-order valence-corrected chi connectivity index (χ3v) is 14.1. The topological polar surface area (TPSA) is 56.6 Å². The number of rotatable bonds is 9. The Labute approximate surface area is 413 Å². The van der Waals surface area contributed by atoms with Crippen LogP contribution in [0.25, 0.3) is 66.1 Å². The van der Waals surface area contributed by atoms with Gasteiger partial charge in [-0.3, -0.25) is 5.32 Å². The molecule has 0 amide bonds. The number of hydrogen-bond donors (Lipinski definition) is 2. The number of nitrogens with one attached hydrogen (secondary N) is 1. The molecule has 0 spiro atoms. The van der Waals surface area contributed by atoms with Crippen molar-refractivity contribution in [3.05, 3.63) is 283 Å². The third-order valence-electron chi connectivity index (χ3n) is 14.1. The predicted molar refractivity (Wildman–Crippen MR) is 295 cm³/mol. The zero-order valence-electron chi connectivity index (χ0n) is 38.9. The molecule has 2 aliphatic rings. The summed E-state index contributed by atoms with van der Waals surface area (Å²) < 4.78 is 0. The van der Waals surface area contributed by atoms with Crippen molar-refractivity contribution < 1.29 is 5.32 Å². The van der Waals surface area contributed by atoms with E-state index in [1.165, 1.54) is 71.7 Å². The molecular formula is C66H48N5+. The zero-order valence-corrected chi connectivity index (χ0v) is 38.9. The molecule has 0 fully saturated rings. The zero-order chi connectivity index (χ0) is 47.1. The summed E-state index contributed by atoms with van der Waals surface area (Å²) in [5, 5.41) is 10.9. The number of para-hydroxylation sites is 3. The minimum Gasteiger partial charge on any atom is -0.359 e. The van der Waals surface area contributed by atoms with Crippen LogP contribution in [0.3, 0.4) is 0 Å². The van der Waals surface area contributed by atoms with Crippen molar-refractivity contribution in [2.24, 2.45) is 9.98 Å². The number of aliphatic imine (C=N–C) groups is 2. The van der Waals surface area contributed by atoms with Gasteiger partial charge in [0, 0.05) is 16.8 Å². The second-order valence-electron chi connectivity index (χ2n) is 18.3. The summed E-state index contributed by atoms with van der Waals surface area (Å²) in [4.78, 5) is 12.7. The van der Waals surface area contributed by atoms with Crippen molar-refractivity contribution in [2.45, 2.75) is 12.3 Å². The molecule has 11 aromatic rings. The number of nitrogens with zero attached hydrogens (tertiary/aromatic N) is 3. The van der Waals surface area contributed by atoms with Gasteiger partial charge < -0.3 is 10.2 Å². The summed E-state index contributed by atoms with van der Waals surface area (Å²) >= 11 is 0. The molecule has 13 rings (SSSR count). The Morgan fingerprint density at radius 1 is 0.352 bits per heavy atom. The molecule has 0 aromatic heterocycles. The summed E-state index contributed by atoms with van der Waals surface area (Å²) in [5.74, 6) is 1.66. The van der Waals surface area contributed by atoms with Crippen LogP contribution < -0.4 is 15.5 Å². The highest BCUT2D eigenvalue weighted by atomic mass is 15.3. The van der Waals surface area contributed by atoms with Gasteiger partial charge in [0.15, 0.2) is 5.84 Å². The summed E-state index contributed by atoms with van der Waals surface area (Å²) in [5.41, 5.74) is 17.5. The van der Waals surface area contributed by atoms with Gasteiger partial charge >= 0.3 is 0 Å². The van der Waals surface area contributed by atoms with Crippen LogP contribution in [0.15, 0.2) is 271 Å². The Hall–Kier alpha value is -9.16. The van der Waals surface area contributed by atoms with E-state index in [0.717, 1.165) is 45.3 Å². The summed E-state index contributed by atoms with van der Waals surface area (Å²) in [6, 6.07) is 93.6. The van der Waals surface area contributed by atoms with Gasteiger partial charge in [-0.1, -0.05) is 224 Å². The highest BCUT2D eigenvalue weighted by Crippen LogP contribution is 2.47. The first-order chi connectivity index (χ1) is 35.2. The van der Waals surface area contributed by atoms with Gasteiger partial charge in [0.2, 0.25) is 12.0 Å². The van der Waals surface area contributed by atoms with Crippen LogP contribution in [0.1, 0.15) is 34.6 Å². The van der Waals surface area contributed by atoms with Crippen molar-refractivity contribution in [3.63, 3.8) is 0 Å². The number of fused-ring (bicyclic) bond motifs is 3. The average Bonchev–Trinajstić information content (AvgIpc) is 3.85. The highest BCUT2D eigenvalue weighted by molar-refractivity contribution is 6.12. The number of benzene rings is 11. The molecule has 0 bridgehead atoms. The molecule has 2 atom stereocenters. The maximum atomic E-state index is 5.22. The van der Waals surface area contributed by atoms with Crippen LogP contribution in [-0.2, 0) is 0 Å². The smallest absolute Gasteiger partial charge is 0.235 e. The number of anilines is 3. The monoisotopic (exact) mass is 910 g/mol. The van der Waals surface area contributed by atoms with E-state index in [4.69, 9.17) is 9.98 Å². The molecule has 0 saturated heterocycles. The van der Waals surface area contributed by atoms with Gasteiger partial charge in [-0.2, -0.15) is 4.99 Å². The van der Waals surface area contributed by atoms with E-state index in [2.05, 4.69) is 258 Å². The van der Waals surface area contributed by atoms with Gasteiger partial charge in [0.05, 0.1) is 16.9 Å². The average molecular weight is 911 g/mol. The summed E-state index contributed by atoms with van der Waals surface area (Å²) in [7, 11) is 0. The second kappa shape index (κ2) is 18.1. The number of hydrogen-bond acceptors (Lipinski definition) is 4. The van der Waals surface area contributed by atoms with Crippen LogP contribution in [0.5, 0.6) is 0 Å². The lowest BCUT2D eigenvalue weighted by Gasteiger charge is -2.27. The molecule has 0 saturated carbocycles. The van der Waals surface area contributed by atoms with Gasteiger partial charge in [0.25, 0.3) is 0 Å². The molecule has 0 radical (unpaired) electrons. The number of quaternary nitrogens is 1. The second-order valence-corrected chi connectivity index (χ2v) is 18.3. The maximum absolute atomic E-state index is 5.22. The number of amidine groups is 2. The van der Waals surface area contributed by atoms with Crippen LogP contribution in [0.4, 0.5) is 17.1 Å². The van der Waals surface area contributed by atoms with Crippen molar-refractivity contribution in [3.8, 4) is 44.5 Å². The molecule has 2 heterocycles. The van der Waals surface area contributed by atoms with E-state index >= 15 is 0 Å². The van der Waals surface area contributed by atoms with Crippen molar-refractivity contribution in [1.82, 2.24) is 0 Å². The molecule has 0 aliphatic carbocycles. The van der Waals surface area contributed by atoms with Gasteiger partial charge in [-0.25, -0.2) is 4.99 Å². The van der Waals surface area contributed by atoms with Gasteiger partial charge in [0.1, 0.15) is 6.17 Å². The first kappa shape index (κ1) is 42.0. The first-order valence-electron chi connectivity index (χ1n) is 24.4. The molecule has 3 N–H and O–H groups in total. The Bertz CT molecular complexity index is 3790. The Kier molecular flexibility index (Phi) is 10.7. The molecule has 2 unspecified atom stereocenters. The lowest BCUT2D eigenvalue weighted by atomic mass is 9.88. The number of nitrogens with two attached hydrogens (primary N) is 1. The van der Waals surface area contributed by atoms with E-state index < -0.39 is 0 Å². The fraction of sp³-hybridized carbons (Fsp3) is 0.0303. The van der Waals surface area contributed by atoms with Crippen molar-refractivity contribution >= 4 is 50.3 Å². The molecule has 2 aliphatic heterocycles. The van der Waals surface area contributed by atoms with Crippen molar-refractivity contribution in [2.75, 3.05) is 10.2 Å². The minimum atomic E-state index is -0.193. The Balaban J connectivity index is 0.801. The SMILES string of the molecule is c1ccc(C2=NC(c3ccc(-c4ccc(-c5ccc(-c6ccc(C7Nc8ccccc8N7c7ccccc7)cc6)c6ccccc56)c5ccccc45)cc3)[NH2+]C(c3ccc(-c4ccccc4)cc3)=N2)cc1. The summed E-state index contributed by atoms with van der Waals surface area (Å²) in [6.45, 7) is 0. The molecule has 71 heavy (non-hydrogen) atoms. The van der Waals surface area contributed by atoms with Crippen LogP contribution in [-0.4, -0.2) is 11.7 Å². The fourth-order valence-corrected chi connectivity index (χ4v) is 10.6.